The van der Waals surface area contributed by atoms with Crippen molar-refractivity contribution in [3.8, 4) is 5.75 Å². The first-order valence-corrected chi connectivity index (χ1v) is 12.3. The number of fused-ring (bicyclic) bond motifs is 1. The second-order valence-corrected chi connectivity index (χ2v) is 10.6. The maximum Gasteiger partial charge on any atom is 0.309 e. The van der Waals surface area contributed by atoms with E-state index >= 15 is 0 Å². The van der Waals surface area contributed by atoms with Crippen LogP contribution in [0.3, 0.4) is 0 Å². The van der Waals surface area contributed by atoms with Crippen molar-refractivity contribution >= 4 is 28.6 Å². The molecule has 1 fully saturated rings. The molecule has 1 heterocycles. The molecule has 1 saturated carbocycles. The highest BCUT2D eigenvalue weighted by molar-refractivity contribution is 5.83. The summed E-state index contributed by atoms with van der Waals surface area (Å²) in [5.41, 5.74) is 5.30. The second kappa shape index (κ2) is 9.69. The summed E-state index contributed by atoms with van der Waals surface area (Å²) in [6, 6.07) is 12.6. The molecule has 2 aromatic carbocycles. The number of carbonyl (C=O) groups excluding carboxylic acids is 1. The average Bonchev–Trinajstić information content (AvgIpc) is 3.10. The lowest BCUT2D eigenvalue weighted by Gasteiger charge is -2.36. The van der Waals surface area contributed by atoms with Crippen LogP contribution in [0.1, 0.15) is 70.5 Å². The third-order valence-corrected chi connectivity index (χ3v) is 6.74. The van der Waals surface area contributed by atoms with Crippen LogP contribution in [-0.2, 0) is 16.0 Å². The Bertz CT molecular complexity index is 1160. The number of benzene rings is 2. The first-order valence-electron chi connectivity index (χ1n) is 12.3. The number of methoxy groups -OCH3 is 1. The SMILES string of the molecule is COC(=O)Cc1cc2nc(Nc3ccc(OC(C)C)cc3)n(C3CCCC(C)(C)C3)c2cc1C. The van der Waals surface area contributed by atoms with Gasteiger partial charge in [-0.25, -0.2) is 4.98 Å². The van der Waals surface area contributed by atoms with Crippen LogP contribution in [0.5, 0.6) is 5.75 Å². The number of nitrogens with zero attached hydrogens (tertiary/aromatic N) is 2. The molecule has 1 aromatic heterocycles. The van der Waals surface area contributed by atoms with E-state index in [0.29, 0.717) is 11.5 Å². The van der Waals surface area contributed by atoms with E-state index in [1.165, 1.54) is 20.0 Å². The minimum atomic E-state index is -0.238. The normalized spacial score (nSPS) is 17.7. The lowest BCUT2D eigenvalue weighted by Crippen LogP contribution is -2.25. The minimum Gasteiger partial charge on any atom is -0.491 e. The Balaban J connectivity index is 1.74. The molecule has 0 spiro atoms. The number of ether oxygens (including phenoxy) is 2. The van der Waals surface area contributed by atoms with Crippen molar-refractivity contribution in [3.05, 3.63) is 47.5 Å². The van der Waals surface area contributed by atoms with E-state index in [0.717, 1.165) is 52.4 Å². The molecule has 1 aliphatic rings. The second-order valence-electron chi connectivity index (χ2n) is 10.6. The first-order chi connectivity index (χ1) is 16.1. The lowest BCUT2D eigenvalue weighted by atomic mass is 9.75. The Hall–Kier alpha value is -3.02. The van der Waals surface area contributed by atoms with Crippen molar-refractivity contribution in [2.24, 2.45) is 5.41 Å². The fourth-order valence-corrected chi connectivity index (χ4v) is 5.06. The molecule has 4 rings (SSSR count). The van der Waals surface area contributed by atoms with E-state index in [1.54, 1.807) is 0 Å². The molecule has 1 atom stereocenters. The monoisotopic (exact) mass is 463 g/mol. The molecule has 0 bridgehead atoms. The van der Waals surface area contributed by atoms with Gasteiger partial charge in [0.05, 0.1) is 30.7 Å². The first kappa shape index (κ1) is 24.1. The van der Waals surface area contributed by atoms with Crippen LogP contribution >= 0.6 is 0 Å². The minimum absolute atomic E-state index is 0.139. The van der Waals surface area contributed by atoms with Gasteiger partial charge in [-0.3, -0.25) is 4.79 Å². The van der Waals surface area contributed by atoms with Crippen molar-refractivity contribution < 1.29 is 14.3 Å². The fourth-order valence-electron chi connectivity index (χ4n) is 5.06. The summed E-state index contributed by atoms with van der Waals surface area (Å²) in [4.78, 5) is 16.9. The van der Waals surface area contributed by atoms with Crippen molar-refractivity contribution in [3.63, 3.8) is 0 Å². The van der Waals surface area contributed by atoms with E-state index in [2.05, 4.69) is 36.7 Å². The third kappa shape index (κ3) is 5.37. The van der Waals surface area contributed by atoms with Gasteiger partial charge >= 0.3 is 5.97 Å². The summed E-state index contributed by atoms with van der Waals surface area (Å²) >= 11 is 0. The number of aromatic nitrogens is 2. The van der Waals surface area contributed by atoms with Crippen LogP contribution in [-0.4, -0.2) is 28.7 Å². The number of aryl methyl sites for hydroxylation is 1. The number of nitrogens with one attached hydrogen (secondary N) is 1. The van der Waals surface area contributed by atoms with Crippen molar-refractivity contribution in [1.29, 1.82) is 0 Å². The van der Waals surface area contributed by atoms with Crippen LogP contribution < -0.4 is 10.1 Å². The summed E-state index contributed by atoms with van der Waals surface area (Å²) in [6.45, 7) is 10.8. The largest absolute Gasteiger partial charge is 0.491 e. The summed E-state index contributed by atoms with van der Waals surface area (Å²) in [5, 5.41) is 3.56. The maximum absolute atomic E-state index is 11.9. The van der Waals surface area contributed by atoms with E-state index in [-0.39, 0.29) is 18.5 Å². The summed E-state index contributed by atoms with van der Waals surface area (Å²) in [5.74, 6) is 1.45. The lowest BCUT2D eigenvalue weighted by molar-refractivity contribution is -0.139. The molecule has 0 aliphatic heterocycles. The van der Waals surface area contributed by atoms with Gasteiger partial charge in [-0.05, 0) is 93.0 Å². The summed E-state index contributed by atoms with van der Waals surface area (Å²) in [6.07, 6.45) is 5.09. The fraction of sp³-hybridized carbons (Fsp3) is 0.500. The van der Waals surface area contributed by atoms with Crippen molar-refractivity contribution in [2.45, 2.75) is 78.9 Å². The van der Waals surface area contributed by atoms with E-state index in [1.807, 2.05) is 44.2 Å². The molecule has 0 radical (unpaired) electrons. The van der Waals surface area contributed by atoms with Crippen LogP contribution in [0.25, 0.3) is 11.0 Å². The highest BCUT2D eigenvalue weighted by Gasteiger charge is 2.31. The molecule has 6 heteroatoms. The van der Waals surface area contributed by atoms with Crippen molar-refractivity contribution in [1.82, 2.24) is 9.55 Å². The van der Waals surface area contributed by atoms with Crippen LogP contribution in [0.4, 0.5) is 11.6 Å². The van der Waals surface area contributed by atoms with Gasteiger partial charge in [0.2, 0.25) is 5.95 Å². The Morgan fingerprint density at radius 3 is 2.62 bits per heavy atom. The number of rotatable bonds is 7. The van der Waals surface area contributed by atoms with Gasteiger partial charge in [-0.1, -0.05) is 20.3 Å². The highest BCUT2D eigenvalue weighted by Crippen LogP contribution is 2.44. The quantitative estimate of drug-likeness (QED) is 0.393. The van der Waals surface area contributed by atoms with Gasteiger partial charge in [0, 0.05) is 11.7 Å². The number of carbonyl (C=O) groups is 1. The number of imidazole rings is 1. The van der Waals surface area contributed by atoms with Gasteiger partial charge in [0.15, 0.2) is 0 Å². The van der Waals surface area contributed by atoms with Gasteiger partial charge < -0.3 is 19.4 Å². The predicted molar refractivity (Wildman–Crippen MR) is 137 cm³/mol. The Labute approximate surface area is 202 Å². The number of hydrogen-bond donors (Lipinski definition) is 1. The number of esters is 1. The zero-order valence-corrected chi connectivity index (χ0v) is 21.3. The smallest absolute Gasteiger partial charge is 0.309 e. The highest BCUT2D eigenvalue weighted by atomic mass is 16.5. The third-order valence-electron chi connectivity index (χ3n) is 6.74. The molecule has 0 amide bonds. The maximum atomic E-state index is 11.9. The Morgan fingerprint density at radius 1 is 1.24 bits per heavy atom. The summed E-state index contributed by atoms with van der Waals surface area (Å²) in [7, 11) is 1.43. The molecule has 0 saturated heterocycles. The van der Waals surface area contributed by atoms with Gasteiger partial charge in [-0.15, -0.1) is 0 Å². The Kier molecular flexibility index (Phi) is 6.87. The zero-order chi connectivity index (χ0) is 24.5. The predicted octanol–water partition coefficient (Wildman–Crippen LogP) is 6.73. The Morgan fingerprint density at radius 2 is 1.97 bits per heavy atom. The molecule has 3 aromatic rings. The standard InChI is InChI=1S/C28H37N3O3/c1-18(2)34-23-11-9-21(10-12-23)29-27-30-24-15-20(16-26(32)33-6)19(3)14-25(24)31(27)22-8-7-13-28(4,5)17-22/h9-12,14-15,18,22H,7-8,13,16-17H2,1-6H3,(H,29,30). The van der Waals surface area contributed by atoms with Crippen LogP contribution in [0.15, 0.2) is 36.4 Å². The van der Waals surface area contributed by atoms with Crippen molar-refractivity contribution in [2.75, 3.05) is 12.4 Å². The zero-order valence-electron chi connectivity index (χ0n) is 21.3. The molecule has 1 N–H and O–H groups in total. The molecule has 34 heavy (non-hydrogen) atoms. The molecule has 182 valence electrons. The summed E-state index contributed by atoms with van der Waals surface area (Å²) < 4.78 is 13.1. The molecular formula is C28H37N3O3. The van der Waals surface area contributed by atoms with Gasteiger partial charge in [0.1, 0.15) is 5.75 Å². The van der Waals surface area contributed by atoms with Gasteiger partial charge in [-0.2, -0.15) is 0 Å². The van der Waals surface area contributed by atoms with E-state index in [9.17, 15) is 4.79 Å². The number of anilines is 2. The van der Waals surface area contributed by atoms with E-state index < -0.39 is 0 Å². The number of hydrogen-bond acceptors (Lipinski definition) is 5. The average molecular weight is 464 g/mol. The molecule has 1 aliphatic carbocycles. The molecule has 1 unspecified atom stereocenters. The molecular weight excluding hydrogens is 426 g/mol. The van der Waals surface area contributed by atoms with E-state index in [4.69, 9.17) is 14.5 Å². The van der Waals surface area contributed by atoms with Crippen LogP contribution in [0.2, 0.25) is 0 Å². The molecule has 6 nitrogen and oxygen atoms in total. The van der Waals surface area contributed by atoms with Crippen LogP contribution in [0, 0.1) is 12.3 Å². The topological polar surface area (TPSA) is 65.4 Å². The van der Waals surface area contributed by atoms with Gasteiger partial charge in [0.25, 0.3) is 0 Å².